The molecular formula is C22H33I. The van der Waals surface area contributed by atoms with Gasteiger partial charge in [-0.3, -0.25) is 0 Å². The maximum absolute atomic E-state index is 2.59. The first-order valence-electron chi connectivity index (χ1n) is 9.86. The highest BCUT2D eigenvalue weighted by atomic mass is 127. The molecule has 0 unspecified atom stereocenters. The molecule has 1 aromatic rings. The minimum Gasteiger partial charge on any atom is -0.0861 e. The zero-order valence-corrected chi connectivity index (χ0v) is 16.9. The zero-order valence-electron chi connectivity index (χ0n) is 14.8. The summed E-state index contributed by atoms with van der Waals surface area (Å²) in [6.45, 7) is 2.18. The van der Waals surface area contributed by atoms with Crippen LogP contribution in [0.25, 0.3) is 0 Å². The van der Waals surface area contributed by atoms with Crippen molar-refractivity contribution in [3.05, 3.63) is 35.4 Å². The summed E-state index contributed by atoms with van der Waals surface area (Å²) in [6.07, 6.45) is 14.9. The van der Waals surface area contributed by atoms with Crippen LogP contribution >= 0.6 is 22.6 Å². The molecule has 23 heavy (non-hydrogen) atoms. The summed E-state index contributed by atoms with van der Waals surface area (Å²) in [4.78, 5) is 0. The third-order valence-electron chi connectivity index (χ3n) is 6.63. The molecule has 1 heteroatoms. The molecule has 0 saturated heterocycles. The van der Waals surface area contributed by atoms with Crippen molar-refractivity contribution < 1.29 is 0 Å². The van der Waals surface area contributed by atoms with Crippen LogP contribution in [0.1, 0.15) is 68.9 Å². The maximum atomic E-state index is 2.59. The van der Waals surface area contributed by atoms with Crippen molar-refractivity contribution in [3.8, 4) is 0 Å². The van der Waals surface area contributed by atoms with Crippen LogP contribution in [-0.2, 0) is 6.42 Å². The van der Waals surface area contributed by atoms with Crippen LogP contribution in [0.15, 0.2) is 24.3 Å². The van der Waals surface area contributed by atoms with Gasteiger partial charge in [0.1, 0.15) is 0 Å². The van der Waals surface area contributed by atoms with Crippen LogP contribution in [-0.4, -0.2) is 4.43 Å². The van der Waals surface area contributed by atoms with Gasteiger partial charge in [0.15, 0.2) is 0 Å². The van der Waals surface area contributed by atoms with E-state index in [4.69, 9.17) is 0 Å². The Morgan fingerprint density at radius 2 is 1.30 bits per heavy atom. The van der Waals surface area contributed by atoms with Crippen molar-refractivity contribution >= 4 is 22.6 Å². The van der Waals surface area contributed by atoms with Crippen molar-refractivity contribution in [2.45, 2.75) is 71.1 Å². The van der Waals surface area contributed by atoms with Gasteiger partial charge < -0.3 is 0 Å². The number of rotatable bonds is 5. The molecule has 0 atom stereocenters. The van der Waals surface area contributed by atoms with Gasteiger partial charge in [0.2, 0.25) is 0 Å². The largest absolute Gasteiger partial charge is 0.0861 e. The van der Waals surface area contributed by atoms with Crippen LogP contribution in [0.3, 0.4) is 0 Å². The summed E-state index contributed by atoms with van der Waals surface area (Å²) in [5.74, 6) is 4.18. The van der Waals surface area contributed by atoms with Crippen LogP contribution in [0.4, 0.5) is 0 Å². The number of halogens is 1. The lowest BCUT2D eigenvalue weighted by atomic mass is 9.69. The fourth-order valence-corrected chi connectivity index (χ4v) is 5.77. The highest BCUT2D eigenvalue weighted by Gasteiger charge is 2.30. The molecule has 0 radical (unpaired) electrons. The Kier molecular flexibility index (Phi) is 6.85. The van der Waals surface area contributed by atoms with Gasteiger partial charge in [-0.2, -0.15) is 0 Å². The van der Waals surface area contributed by atoms with Crippen molar-refractivity contribution in [1.82, 2.24) is 0 Å². The molecule has 2 saturated carbocycles. The fraction of sp³-hybridized carbons (Fsp3) is 0.727. The summed E-state index contributed by atoms with van der Waals surface area (Å²) in [5, 5.41) is 0. The first-order chi connectivity index (χ1) is 11.2. The lowest BCUT2D eigenvalue weighted by Gasteiger charge is -2.37. The van der Waals surface area contributed by atoms with Crippen molar-refractivity contribution in [3.63, 3.8) is 0 Å². The monoisotopic (exact) mass is 424 g/mol. The van der Waals surface area contributed by atoms with Crippen molar-refractivity contribution in [2.24, 2.45) is 23.7 Å². The average molecular weight is 424 g/mol. The van der Waals surface area contributed by atoms with E-state index < -0.39 is 0 Å². The predicted molar refractivity (Wildman–Crippen MR) is 109 cm³/mol. The van der Waals surface area contributed by atoms with Gasteiger partial charge in [-0.05, 0) is 87.5 Å². The summed E-state index contributed by atoms with van der Waals surface area (Å²) in [7, 11) is 0. The minimum absolute atomic E-state index is 0.998. The van der Waals surface area contributed by atoms with E-state index in [1.165, 1.54) is 79.8 Å². The first-order valence-corrected chi connectivity index (χ1v) is 11.4. The van der Waals surface area contributed by atoms with Crippen molar-refractivity contribution in [2.75, 3.05) is 4.43 Å². The highest BCUT2D eigenvalue weighted by molar-refractivity contribution is 14.1. The molecule has 2 aliphatic rings. The number of aryl methyl sites for hydroxylation is 2. The van der Waals surface area contributed by atoms with Gasteiger partial charge in [0.05, 0.1) is 0 Å². The summed E-state index contributed by atoms with van der Waals surface area (Å²) < 4.78 is 1.39. The molecule has 0 nitrogen and oxygen atoms in total. The molecule has 0 aromatic heterocycles. The number of alkyl halides is 1. The standard InChI is InChI=1S/C22H33I/c1-17-2-4-18(5-3-17)6-7-19-8-12-21(13-9-19)22-14-10-20(16-23)11-15-22/h2-5,19-22H,6-16H2,1H3. The number of benzene rings is 1. The SMILES string of the molecule is Cc1ccc(CCC2CCC(C3CCC(CI)CC3)CC2)cc1. The maximum Gasteiger partial charge on any atom is 0.00237 e. The smallest absolute Gasteiger partial charge is 0.00237 e. The third kappa shape index (κ3) is 5.21. The highest BCUT2D eigenvalue weighted by Crippen LogP contribution is 2.42. The van der Waals surface area contributed by atoms with E-state index in [1.807, 2.05) is 0 Å². The molecule has 0 spiro atoms. The second-order valence-electron chi connectivity index (χ2n) is 8.24. The lowest BCUT2D eigenvalue weighted by Crippen LogP contribution is -2.26. The van der Waals surface area contributed by atoms with Crippen molar-refractivity contribution in [1.29, 1.82) is 0 Å². The Balaban J connectivity index is 1.38. The molecule has 0 heterocycles. The molecule has 1 aromatic carbocycles. The van der Waals surface area contributed by atoms with E-state index >= 15 is 0 Å². The van der Waals surface area contributed by atoms with Crippen LogP contribution in [0.5, 0.6) is 0 Å². The Bertz CT molecular complexity index is 447. The first kappa shape index (κ1) is 17.8. The van der Waals surface area contributed by atoms with Gasteiger partial charge in [0.25, 0.3) is 0 Å². The zero-order chi connectivity index (χ0) is 16.1. The van der Waals surface area contributed by atoms with E-state index in [2.05, 4.69) is 53.8 Å². The second kappa shape index (κ2) is 8.87. The molecule has 0 amide bonds. The molecule has 0 aliphatic heterocycles. The van der Waals surface area contributed by atoms with Crippen LogP contribution in [0.2, 0.25) is 0 Å². The summed E-state index contributed by atoms with van der Waals surface area (Å²) in [6, 6.07) is 9.18. The fourth-order valence-electron chi connectivity index (χ4n) is 4.89. The van der Waals surface area contributed by atoms with Gasteiger partial charge in [0, 0.05) is 4.43 Å². The van der Waals surface area contributed by atoms with E-state index in [1.54, 1.807) is 0 Å². The molecule has 0 N–H and O–H groups in total. The van der Waals surface area contributed by atoms with Gasteiger partial charge in [-0.25, -0.2) is 0 Å². The Morgan fingerprint density at radius 3 is 1.83 bits per heavy atom. The molecule has 2 fully saturated rings. The summed E-state index contributed by atoms with van der Waals surface area (Å²) in [5.41, 5.74) is 2.92. The number of hydrogen-bond donors (Lipinski definition) is 0. The lowest BCUT2D eigenvalue weighted by molar-refractivity contribution is 0.149. The van der Waals surface area contributed by atoms with E-state index in [0.717, 1.165) is 23.7 Å². The van der Waals surface area contributed by atoms with Gasteiger partial charge in [-0.15, -0.1) is 0 Å². The van der Waals surface area contributed by atoms with Gasteiger partial charge in [-0.1, -0.05) is 65.3 Å². The molecular weight excluding hydrogens is 391 g/mol. The average Bonchev–Trinajstić information content (AvgIpc) is 2.62. The van der Waals surface area contributed by atoms with Crippen LogP contribution < -0.4 is 0 Å². The Labute approximate surface area is 157 Å². The topological polar surface area (TPSA) is 0 Å². The van der Waals surface area contributed by atoms with Gasteiger partial charge >= 0.3 is 0 Å². The second-order valence-corrected chi connectivity index (χ2v) is 9.12. The molecule has 128 valence electrons. The Morgan fingerprint density at radius 1 is 0.783 bits per heavy atom. The quantitative estimate of drug-likeness (QED) is 0.354. The van der Waals surface area contributed by atoms with E-state index in [0.29, 0.717) is 0 Å². The Hall–Kier alpha value is -0.0500. The number of hydrogen-bond acceptors (Lipinski definition) is 0. The summed E-state index contributed by atoms with van der Waals surface area (Å²) >= 11 is 2.59. The molecule has 2 aliphatic carbocycles. The minimum atomic E-state index is 0.998. The molecule has 3 rings (SSSR count). The van der Waals surface area contributed by atoms with Crippen LogP contribution in [0, 0.1) is 30.6 Å². The third-order valence-corrected chi connectivity index (χ3v) is 7.88. The predicted octanol–water partition coefficient (Wildman–Crippen LogP) is 6.98. The van der Waals surface area contributed by atoms with E-state index in [-0.39, 0.29) is 0 Å². The normalized spacial score (nSPS) is 31.9. The molecule has 0 bridgehead atoms. The van der Waals surface area contributed by atoms with E-state index in [9.17, 15) is 0 Å².